The first-order valence-corrected chi connectivity index (χ1v) is 52.2. The Hall–Kier alpha value is -10.2. The van der Waals surface area contributed by atoms with Gasteiger partial charge < -0.3 is 40.2 Å². The third kappa shape index (κ3) is 33.4. The Bertz CT molecular complexity index is 4640. The lowest BCUT2D eigenvalue weighted by Gasteiger charge is -2.25. The van der Waals surface area contributed by atoms with Crippen molar-refractivity contribution < 1.29 is 71.8 Å². The van der Waals surface area contributed by atoms with Crippen molar-refractivity contribution in [2.24, 2.45) is 0 Å². The van der Waals surface area contributed by atoms with E-state index in [0.717, 1.165) is 202 Å². The fraction of sp³-hybridized carbons (Fsp3) is 0.480. The van der Waals surface area contributed by atoms with Crippen molar-refractivity contribution in [3.8, 4) is 23.0 Å². The van der Waals surface area contributed by atoms with E-state index < -0.39 is 64.2 Å². The summed E-state index contributed by atoms with van der Waals surface area (Å²) in [5.41, 5.74) is 6.93. The normalized spacial score (nSPS) is 12.2. The van der Waals surface area contributed by atoms with Crippen LogP contribution in [0, 0.1) is 27.7 Å². The molecule has 1 aliphatic rings. The molecule has 696 valence electrons. The number of nitrogens with one attached hydrogen (secondary N) is 8. The second-order valence-corrected chi connectivity index (χ2v) is 40.7. The highest BCUT2D eigenvalue weighted by molar-refractivity contribution is 7.91. The number of carbonyl (C=O) groups excluding carboxylic acids is 4. The van der Waals surface area contributed by atoms with Crippen LogP contribution in [0.25, 0.3) is 0 Å². The molecular weight excluding hydrogens is 1700 g/mol. The van der Waals surface area contributed by atoms with Crippen molar-refractivity contribution in [2.45, 2.75) is 306 Å². The van der Waals surface area contributed by atoms with Gasteiger partial charge in [-0.1, -0.05) is 278 Å². The summed E-state index contributed by atoms with van der Waals surface area (Å²) in [6.45, 7) is 16.7. The van der Waals surface area contributed by atoms with Gasteiger partial charge in [-0.15, -0.1) is 0 Å². The quantitative estimate of drug-likeness (QED) is 0.0164. The van der Waals surface area contributed by atoms with E-state index in [0.29, 0.717) is 93.2 Å². The molecule has 8 N–H and O–H groups in total. The number of amides is 8. The summed E-state index contributed by atoms with van der Waals surface area (Å²) >= 11 is 0. The number of carbonyl (C=O) groups is 4. The third-order valence-corrected chi connectivity index (χ3v) is 28.1. The van der Waals surface area contributed by atoms with E-state index in [2.05, 4.69) is 67.9 Å². The number of rotatable bonds is 52. The molecule has 9 rings (SSSR count). The van der Waals surface area contributed by atoms with Crippen molar-refractivity contribution in [1.82, 2.24) is 18.9 Å². The Morgan fingerprint density at radius 3 is 0.539 bits per heavy atom. The smallest absolute Gasteiger partial charge is 0.333 e. The van der Waals surface area contributed by atoms with E-state index in [-0.39, 0.29) is 94.4 Å². The zero-order valence-corrected chi connectivity index (χ0v) is 79.6. The van der Waals surface area contributed by atoms with Crippen molar-refractivity contribution in [2.75, 3.05) is 47.7 Å². The highest BCUT2D eigenvalue weighted by Gasteiger charge is 2.30. The summed E-state index contributed by atoms with van der Waals surface area (Å²) < 4.78 is 152. The number of urea groups is 4. The topological polar surface area (TPSA) is 338 Å². The molecule has 28 heteroatoms. The summed E-state index contributed by atoms with van der Waals surface area (Å²) in [4.78, 5) is 58.3. The number of ether oxygens (including phenoxy) is 4. The van der Waals surface area contributed by atoms with E-state index in [1.807, 2.05) is 27.7 Å². The summed E-state index contributed by atoms with van der Waals surface area (Å²) in [6, 6.07) is 33.2. The molecule has 128 heavy (non-hydrogen) atoms. The van der Waals surface area contributed by atoms with E-state index in [1.54, 1.807) is 97.1 Å². The van der Waals surface area contributed by atoms with Gasteiger partial charge in [-0.05, 0) is 150 Å². The molecule has 0 aliphatic heterocycles. The molecule has 8 aromatic rings. The second-order valence-electron chi connectivity index (χ2n) is 34.0. The van der Waals surface area contributed by atoms with Gasteiger partial charge in [-0.3, -0.25) is 0 Å². The number of fused-ring (bicyclic) bond motifs is 8. The average Bonchev–Trinajstić information content (AvgIpc) is 0.765. The molecule has 0 unspecified atom stereocenters. The molecule has 0 radical (unpaired) electrons. The molecule has 0 spiro atoms. The number of anilines is 4. The molecule has 8 bridgehead atoms. The first-order chi connectivity index (χ1) is 61.5. The zero-order chi connectivity index (χ0) is 91.9. The summed E-state index contributed by atoms with van der Waals surface area (Å²) in [6.07, 6.45) is 30.8. The van der Waals surface area contributed by atoms with Crippen LogP contribution in [0.15, 0.2) is 165 Å². The predicted octanol–water partition coefficient (Wildman–Crippen LogP) is 23.7. The highest BCUT2D eigenvalue weighted by Crippen LogP contribution is 2.44. The van der Waals surface area contributed by atoms with Gasteiger partial charge in [0.2, 0.25) is 0 Å². The molecule has 0 heterocycles. The van der Waals surface area contributed by atoms with Crippen LogP contribution in [0.1, 0.15) is 300 Å². The Labute approximate surface area is 761 Å². The minimum absolute atomic E-state index is 0.101. The average molecular weight is 1830 g/mol. The third-order valence-electron chi connectivity index (χ3n) is 22.7. The van der Waals surface area contributed by atoms with Gasteiger partial charge >= 0.3 is 24.1 Å². The Kier molecular flexibility index (Phi) is 41.2. The Balaban J connectivity index is 1.35. The minimum Gasteiger partial charge on any atom is -0.493 e. The number of benzene rings is 8. The van der Waals surface area contributed by atoms with Gasteiger partial charge in [-0.25, -0.2) is 71.7 Å². The van der Waals surface area contributed by atoms with Crippen LogP contribution >= 0.6 is 0 Å². The van der Waals surface area contributed by atoms with Gasteiger partial charge in [0.05, 0.1) is 46.0 Å². The highest BCUT2D eigenvalue weighted by atomic mass is 32.2. The number of sulfonamides is 4. The minimum atomic E-state index is -4.50. The molecule has 0 saturated heterocycles. The largest absolute Gasteiger partial charge is 0.493 e. The predicted molar refractivity (Wildman–Crippen MR) is 511 cm³/mol. The SMILES string of the molecule is CCCCCCCCCCOc1c2cc(NC(=O)NS(=O)(=O)c3ccc(C)cc3)cc1Cc1cc(NC(=O)NS(=O)(=O)c3ccc(C)cc3)cc(c1OCCCCCCCCCC)Cc1cc(NC(=O)NS(=O)(=O)c3ccc(C)cc3)cc(c1OCCCCCCCCCC)Cc1cc(NC(=O)NS(=O)(=O)c3ccc(C)cc3)cc(c1OCCCCCCCCCC)C2. The number of hydrogen-bond donors (Lipinski definition) is 8. The van der Waals surface area contributed by atoms with Crippen molar-refractivity contribution in [1.29, 1.82) is 0 Å². The second kappa shape index (κ2) is 51.9. The van der Waals surface area contributed by atoms with Crippen molar-refractivity contribution >= 4 is 87.0 Å². The molecule has 8 amide bonds. The van der Waals surface area contributed by atoms with Crippen LogP contribution in [0.4, 0.5) is 41.9 Å². The molecule has 8 aromatic carbocycles. The van der Waals surface area contributed by atoms with Crippen molar-refractivity contribution in [3.05, 3.63) is 212 Å². The van der Waals surface area contributed by atoms with Gasteiger partial charge in [0.25, 0.3) is 40.1 Å². The zero-order valence-electron chi connectivity index (χ0n) is 76.3. The lowest BCUT2D eigenvalue weighted by molar-refractivity contribution is 0.255. The molecule has 24 nitrogen and oxygen atoms in total. The lowest BCUT2D eigenvalue weighted by Crippen LogP contribution is -2.34. The first-order valence-electron chi connectivity index (χ1n) is 46.3. The molecule has 0 aromatic heterocycles. The molecule has 1 aliphatic carbocycles. The molecular formula is C100H136N8O16S4. The monoisotopic (exact) mass is 1830 g/mol. The van der Waals surface area contributed by atoms with E-state index >= 15 is 0 Å². The van der Waals surface area contributed by atoms with Crippen LogP contribution in [0.5, 0.6) is 23.0 Å². The first kappa shape index (κ1) is 102. The molecule has 0 saturated carbocycles. The Morgan fingerprint density at radius 2 is 0.383 bits per heavy atom. The van der Waals surface area contributed by atoms with Crippen LogP contribution in [0.2, 0.25) is 0 Å². The maximum absolute atomic E-state index is 14.7. The van der Waals surface area contributed by atoms with Crippen molar-refractivity contribution in [3.63, 3.8) is 0 Å². The van der Waals surface area contributed by atoms with Gasteiger partial charge in [0, 0.05) is 92.9 Å². The van der Waals surface area contributed by atoms with E-state index in [4.69, 9.17) is 18.9 Å². The van der Waals surface area contributed by atoms with Crippen LogP contribution in [0.3, 0.4) is 0 Å². The summed E-state index contributed by atoms with van der Waals surface area (Å²) in [7, 11) is -18.0. The number of hydrogen-bond acceptors (Lipinski definition) is 16. The molecule has 0 atom stereocenters. The Morgan fingerprint density at radius 1 is 0.234 bits per heavy atom. The standard InChI is InChI=1S/C100H136N8O16S4/c1-9-13-17-21-25-29-33-37-57-121-93-77-61-79-67-86(102-98(110)106-126(115,116)90-51-43-74(6)44-52-90)69-81(94(79)122-58-38-34-30-26-22-18-14-10-2)63-83-71-88(104-100(112)108-128(119,120)92-55-47-76(8)48-56-92)72-84(96(83)124-60-40-36-32-28-24-20-16-12-4)64-82-70-87(103-99(111)107-127(117,118)91-53-45-75(7)46-54-91)68-80(95(82)123-59-39-35-31-27-23-19-15-11-3)62-78(93)66-85(65-77)101-97(109)105-125(113,114)89-49-41-73(5)42-50-89/h41-56,65-72H,9-40,57-64H2,1-8H3,(H2,101,105,109)(H2,102,106,110)(H2,103,107,111)(H2,104,108,112). The van der Waals surface area contributed by atoms with E-state index in [1.165, 1.54) is 48.5 Å². The summed E-state index contributed by atoms with van der Waals surface area (Å²) in [5, 5.41) is 11.5. The van der Waals surface area contributed by atoms with Gasteiger partial charge in [-0.2, -0.15) is 0 Å². The number of unbranched alkanes of at least 4 members (excludes halogenated alkanes) is 28. The maximum atomic E-state index is 14.7. The molecule has 0 fully saturated rings. The van der Waals surface area contributed by atoms with E-state index in [9.17, 15) is 52.8 Å². The summed E-state index contributed by atoms with van der Waals surface area (Å²) in [5.74, 6) is 1.35. The fourth-order valence-corrected chi connectivity index (χ4v) is 19.4. The van der Waals surface area contributed by atoms with Gasteiger partial charge in [0.1, 0.15) is 23.0 Å². The van der Waals surface area contributed by atoms with Gasteiger partial charge in [0.15, 0.2) is 0 Å². The lowest BCUT2D eigenvalue weighted by atomic mass is 9.90. The number of aryl methyl sites for hydroxylation is 4. The van der Waals surface area contributed by atoms with Crippen LogP contribution in [-0.2, 0) is 65.8 Å². The van der Waals surface area contributed by atoms with Crippen LogP contribution in [-0.4, -0.2) is 84.2 Å². The van der Waals surface area contributed by atoms with Crippen LogP contribution < -0.4 is 59.1 Å². The fourth-order valence-electron chi connectivity index (χ4n) is 15.8. The maximum Gasteiger partial charge on any atom is 0.333 e.